The van der Waals surface area contributed by atoms with E-state index in [1.165, 1.54) is 18.2 Å². The van der Waals surface area contributed by atoms with Crippen LogP contribution in [0.15, 0.2) is 47.4 Å². The highest BCUT2D eigenvalue weighted by Crippen LogP contribution is 2.22. The van der Waals surface area contributed by atoms with Crippen molar-refractivity contribution in [2.24, 2.45) is 0 Å². The van der Waals surface area contributed by atoms with Crippen LogP contribution in [0.2, 0.25) is 5.02 Å². The summed E-state index contributed by atoms with van der Waals surface area (Å²) in [5.74, 6) is -0.745. The first-order valence-electron chi connectivity index (χ1n) is 5.89. The quantitative estimate of drug-likeness (QED) is 0.752. The predicted octanol–water partition coefficient (Wildman–Crippen LogP) is 3.37. The van der Waals surface area contributed by atoms with Crippen LogP contribution in [0, 0.1) is 10.5 Å². The van der Waals surface area contributed by atoms with Gasteiger partial charge in [0.2, 0.25) is 0 Å². The Morgan fingerprint density at radius 3 is 2.33 bits per heavy atom. The molecule has 110 valence electrons. The van der Waals surface area contributed by atoms with E-state index in [1.54, 1.807) is 24.3 Å². The van der Waals surface area contributed by atoms with Crippen LogP contribution in [0.4, 0.5) is 0 Å². The van der Waals surface area contributed by atoms with E-state index in [2.05, 4.69) is 0 Å². The largest absolute Gasteiger partial charge is 0.268 e. The normalized spacial score (nSPS) is 11.2. The highest BCUT2D eigenvalue weighted by atomic mass is 127. The number of carbonyl (C=O) groups excluding carboxylic acids is 1. The summed E-state index contributed by atoms with van der Waals surface area (Å²) in [5.41, 5.74) is 1.08. The fourth-order valence-corrected chi connectivity index (χ4v) is 3.79. The minimum Gasteiger partial charge on any atom is -0.268 e. The molecule has 0 aliphatic heterocycles. The Kier molecular flexibility index (Phi) is 4.90. The molecule has 0 fully saturated rings. The lowest BCUT2D eigenvalue weighted by Gasteiger charge is -2.09. The number of aryl methyl sites for hydroxylation is 1. The maximum atomic E-state index is 12.2. The Hall–Kier alpha value is -1.12. The van der Waals surface area contributed by atoms with Crippen molar-refractivity contribution in [1.82, 2.24) is 4.72 Å². The molecule has 1 N–H and O–H groups in total. The number of hydrogen-bond acceptors (Lipinski definition) is 3. The summed E-state index contributed by atoms with van der Waals surface area (Å²) in [6.07, 6.45) is 0. The van der Waals surface area contributed by atoms with E-state index in [-0.39, 0.29) is 15.5 Å². The van der Waals surface area contributed by atoms with E-state index in [4.69, 9.17) is 11.6 Å². The first kappa shape index (κ1) is 16.3. The fourth-order valence-electron chi connectivity index (χ4n) is 1.66. The number of benzene rings is 2. The number of amides is 1. The van der Waals surface area contributed by atoms with Crippen molar-refractivity contribution < 1.29 is 13.2 Å². The maximum Gasteiger partial charge on any atom is 0.267 e. The van der Waals surface area contributed by atoms with Gasteiger partial charge < -0.3 is 0 Å². The van der Waals surface area contributed by atoms with Crippen molar-refractivity contribution in [2.45, 2.75) is 11.8 Å². The Morgan fingerprint density at radius 1 is 1.14 bits per heavy atom. The van der Waals surface area contributed by atoms with Crippen molar-refractivity contribution >= 4 is 50.1 Å². The molecule has 0 unspecified atom stereocenters. The average Bonchev–Trinajstić information content (AvgIpc) is 2.38. The number of rotatable bonds is 3. The van der Waals surface area contributed by atoms with E-state index in [0.29, 0.717) is 3.57 Å². The predicted molar refractivity (Wildman–Crippen MR) is 90.0 cm³/mol. The molecule has 0 saturated carbocycles. The first-order valence-corrected chi connectivity index (χ1v) is 8.83. The fraction of sp³-hybridized carbons (Fsp3) is 0.0714. The molecule has 0 atom stereocenters. The molecule has 7 heteroatoms. The Balaban J connectivity index is 2.33. The van der Waals surface area contributed by atoms with E-state index in [1.807, 2.05) is 34.2 Å². The first-order chi connectivity index (χ1) is 9.81. The highest BCUT2D eigenvalue weighted by Gasteiger charge is 2.21. The second kappa shape index (κ2) is 6.33. The zero-order valence-electron chi connectivity index (χ0n) is 10.9. The van der Waals surface area contributed by atoms with Crippen molar-refractivity contribution in [3.8, 4) is 0 Å². The molecule has 21 heavy (non-hydrogen) atoms. The van der Waals surface area contributed by atoms with Gasteiger partial charge in [-0.2, -0.15) is 0 Å². The van der Waals surface area contributed by atoms with Gasteiger partial charge in [0.1, 0.15) is 0 Å². The Morgan fingerprint density at radius 2 is 1.76 bits per heavy atom. The lowest BCUT2D eigenvalue weighted by molar-refractivity contribution is 0.0980. The van der Waals surface area contributed by atoms with Crippen LogP contribution in [-0.2, 0) is 10.0 Å². The maximum absolute atomic E-state index is 12.2. The molecule has 0 spiro atoms. The van der Waals surface area contributed by atoms with Crippen LogP contribution >= 0.6 is 34.2 Å². The van der Waals surface area contributed by atoms with Crippen molar-refractivity contribution in [3.63, 3.8) is 0 Å². The van der Waals surface area contributed by atoms with Crippen LogP contribution in [0.5, 0.6) is 0 Å². The number of halogens is 2. The van der Waals surface area contributed by atoms with Gasteiger partial charge in [-0.05, 0) is 53.8 Å². The molecule has 0 saturated heterocycles. The van der Waals surface area contributed by atoms with Crippen LogP contribution in [0.3, 0.4) is 0 Å². The van der Waals surface area contributed by atoms with E-state index >= 15 is 0 Å². The summed E-state index contributed by atoms with van der Waals surface area (Å²) >= 11 is 7.89. The molecule has 4 nitrogen and oxygen atoms in total. The number of carbonyl (C=O) groups is 1. The molecule has 2 rings (SSSR count). The summed E-state index contributed by atoms with van der Waals surface area (Å²) in [5, 5.41) is 0.207. The van der Waals surface area contributed by atoms with Gasteiger partial charge >= 0.3 is 0 Å². The molecular weight excluding hydrogens is 425 g/mol. The molecule has 0 heterocycles. The average molecular weight is 436 g/mol. The topological polar surface area (TPSA) is 63.2 Å². The standard InChI is InChI=1S/C14H11ClINO3S/c1-9-5-7-10(8-6-9)21(19,20)17-14(18)13-11(15)3-2-4-12(13)16/h2-8H,1H3,(H,17,18). The molecule has 0 bridgehead atoms. The highest BCUT2D eigenvalue weighted by molar-refractivity contribution is 14.1. The summed E-state index contributed by atoms with van der Waals surface area (Å²) in [7, 11) is -3.92. The number of nitrogens with one attached hydrogen (secondary N) is 1. The van der Waals surface area contributed by atoms with Gasteiger partial charge in [0.05, 0.1) is 15.5 Å². The van der Waals surface area contributed by atoms with Crippen LogP contribution in [-0.4, -0.2) is 14.3 Å². The second-order valence-corrected chi connectivity index (χ2v) is 7.60. The zero-order chi connectivity index (χ0) is 15.6. The molecule has 0 aliphatic rings. The third kappa shape index (κ3) is 3.75. The molecule has 0 aromatic heterocycles. The van der Waals surface area contributed by atoms with Gasteiger partial charge in [-0.3, -0.25) is 4.79 Å². The summed E-state index contributed by atoms with van der Waals surface area (Å²) in [6, 6.07) is 11.1. The molecule has 2 aromatic rings. The van der Waals surface area contributed by atoms with Gasteiger partial charge in [-0.15, -0.1) is 0 Å². The van der Waals surface area contributed by atoms with Gasteiger partial charge in [0, 0.05) is 3.57 Å². The number of hydrogen-bond donors (Lipinski definition) is 1. The smallest absolute Gasteiger partial charge is 0.267 e. The summed E-state index contributed by atoms with van der Waals surface area (Å²) in [4.78, 5) is 12.2. The zero-order valence-corrected chi connectivity index (χ0v) is 14.7. The minimum absolute atomic E-state index is 0.0310. The van der Waals surface area contributed by atoms with Gasteiger partial charge in [-0.1, -0.05) is 35.4 Å². The molecule has 2 aromatic carbocycles. The van der Waals surface area contributed by atoms with Crippen LogP contribution in [0.1, 0.15) is 15.9 Å². The Labute approximate surface area is 141 Å². The minimum atomic E-state index is -3.92. The van der Waals surface area contributed by atoms with Gasteiger partial charge in [0.15, 0.2) is 0 Å². The monoisotopic (exact) mass is 435 g/mol. The lowest BCUT2D eigenvalue weighted by atomic mass is 10.2. The summed E-state index contributed by atoms with van der Waals surface area (Å²) in [6.45, 7) is 1.85. The van der Waals surface area contributed by atoms with Crippen molar-refractivity contribution in [2.75, 3.05) is 0 Å². The summed E-state index contributed by atoms with van der Waals surface area (Å²) < 4.78 is 27.0. The van der Waals surface area contributed by atoms with E-state index in [9.17, 15) is 13.2 Å². The van der Waals surface area contributed by atoms with E-state index in [0.717, 1.165) is 5.56 Å². The molecule has 0 radical (unpaired) electrons. The Bertz CT molecular complexity index is 768. The van der Waals surface area contributed by atoms with Gasteiger partial charge in [-0.25, -0.2) is 13.1 Å². The molecular formula is C14H11ClINO3S. The SMILES string of the molecule is Cc1ccc(S(=O)(=O)NC(=O)c2c(Cl)cccc2I)cc1. The lowest BCUT2D eigenvalue weighted by Crippen LogP contribution is -2.31. The second-order valence-electron chi connectivity index (χ2n) is 4.34. The number of sulfonamides is 1. The molecule has 0 aliphatic carbocycles. The van der Waals surface area contributed by atoms with Gasteiger partial charge in [0.25, 0.3) is 15.9 Å². The van der Waals surface area contributed by atoms with E-state index < -0.39 is 15.9 Å². The third-order valence-corrected chi connectivity index (χ3v) is 5.31. The van der Waals surface area contributed by atoms with Crippen LogP contribution in [0.25, 0.3) is 0 Å². The van der Waals surface area contributed by atoms with Crippen molar-refractivity contribution in [3.05, 3.63) is 62.2 Å². The van der Waals surface area contributed by atoms with Crippen molar-refractivity contribution in [1.29, 1.82) is 0 Å². The third-order valence-electron chi connectivity index (χ3n) is 2.75. The van der Waals surface area contributed by atoms with Crippen LogP contribution < -0.4 is 4.72 Å². The molecule has 1 amide bonds.